The van der Waals surface area contributed by atoms with E-state index in [-0.39, 0.29) is 5.78 Å². The number of ether oxygens (including phenoxy) is 1. The van der Waals surface area contributed by atoms with E-state index in [0.717, 1.165) is 0 Å². The second-order valence-electron chi connectivity index (χ2n) is 4.97. The molecule has 0 fully saturated rings. The lowest BCUT2D eigenvalue weighted by Crippen LogP contribution is -2.24. The van der Waals surface area contributed by atoms with Gasteiger partial charge in [0.25, 0.3) is 0 Å². The third-order valence-corrected chi connectivity index (χ3v) is 2.38. The summed E-state index contributed by atoms with van der Waals surface area (Å²) in [6.45, 7) is 5.40. The molecule has 2 rings (SSSR count). The number of esters is 1. The molecular weight excluding hydrogens is 216 g/mol. The summed E-state index contributed by atoms with van der Waals surface area (Å²) < 4.78 is 5.27. The van der Waals surface area contributed by atoms with Crippen molar-refractivity contribution < 1.29 is 14.3 Å². The number of benzene rings is 1. The fourth-order valence-corrected chi connectivity index (χ4v) is 1.72. The smallest absolute Gasteiger partial charge is 0.339 e. The number of carbonyl (C=O) groups is 2. The largest absolute Gasteiger partial charge is 0.456 e. The fourth-order valence-electron chi connectivity index (χ4n) is 1.72. The molecule has 3 heteroatoms. The van der Waals surface area contributed by atoms with Crippen LogP contribution >= 0.6 is 0 Å². The summed E-state index contributed by atoms with van der Waals surface area (Å²) in [4.78, 5) is 23.6. The summed E-state index contributed by atoms with van der Waals surface area (Å²) in [6, 6.07) is 7.06. The Balaban J connectivity index is 2.34. The van der Waals surface area contributed by atoms with Crippen LogP contribution in [0.2, 0.25) is 0 Å². The van der Waals surface area contributed by atoms with Crippen LogP contribution < -0.4 is 0 Å². The van der Waals surface area contributed by atoms with Crippen LogP contribution in [-0.2, 0) is 9.53 Å². The summed E-state index contributed by atoms with van der Waals surface area (Å²) in [5.41, 5.74) is 1.01. The summed E-state index contributed by atoms with van der Waals surface area (Å²) in [6.07, 6.45) is 1.35. The molecule has 0 aromatic heterocycles. The average Bonchev–Trinajstić information content (AvgIpc) is 2.55. The Kier molecular flexibility index (Phi) is 2.62. The normalized spacial score (nSPS) is 14.3. The van der Waals surface area contributed by atoms with Gasteiger partial charge in [0.05, 0.1) is 5.57 Å². The van der Waals surface area contributed by atoms with E-state index in [1.807, 2.05) is 0 Å². The molecular formula is C14H14O3. The number of ketones is 1. The number of fused-ring (bicyclic) bond motifs is 1. The van der Waals surface area contributed by atoms with E-state index in [0.29, 0.717) is 16.7 Å². The highest BCUT2D eigenvalue weighted by Crippen LogP contribution is 2.29. The van der Waals surface area contributed by atoms with E-state index in [2.05, 4.69) is 0 Å². The SMILES string of the molecule is CC(C)(C)OC(=O)C1=CC(=O)c2ccccc21. The number of rotatable bonds is 1. The minimum Gasteiger partial charge on any atom is -0.456 e. The maximum absolute atomic E-state index is 11.9. The van der Waals surface area contributed by atoms with Crippen molar-refractivity contribution in [3.63, 3.8) is 0 Å². The van der Waals surface area contributed by atoms with E-state index >= 15 is 0 Å². The van der Waals surface area contributed by atoms with Crippen LogP contribution in [0.25, 0.3) is 5.57 Å². The first kappa shape index (κ1) is 11.6. The molecule has 0 saturated heterocycles. The van der Waals surface area contributed by atoms with Gasteiger partial charge in [-0.15, -0.1) is 0 Å². The first-order valence-electron chi connectivity index (χ1n) is 5.47. The van der Waals surface area contributed by atoms with Crippen molar-refractivity contribution in [1.29, 1.82) is 0 Å². The highest BCUT2D eigenvalue weighted by molar-refractivity contribution is 6.30. The van der Waals surface area contributed by atoms with Crippen molar-refractivity contribution in [2.45, 2.75) is 26.4 Å². The third-order valence-electron chi connectivity index (χ3n) is 2.38. The average molecular weight is 230 g/mol. The Morgan fingerprint density at radius 1 is 1.12 bits per heavy atom. The zero-order valence-electron chi connectivity index (χ0n) is 10.1. The summed E-state index contributed by atoms with van der Waals surface area (Å²) in [7, 11) is 0. The van der Waals surface area contributed by atoms with Gasteiger partial charge in [0.2, 0.25) is 0 Å². The molecule has 0 atom stereocenters. The van der Waals surface area contributed by atoms with Gasteiger partial charge in [0.15, 0.2) is 5.78 Å². The second kappa shape index (κ2) is 3.84. The van der Waals surface area contributed by atoms with E-state index in [4.69, 9.17) is 4.74 Å². The molecule has 0 radical (unpaired) electrons. The zero-order chi connectivity index (χ0) is 12.6. The van der Waals surface area contributed by atoms with Gasteiger partial charge in [-0.1, -0.05) is 24.3 Å². The van der Waals surface area contributed by atoms with Crippen LogP contribution in [0.15, 0.2) is 30.3 Å². The molecule has 17 heavy (non-hydrogen) atoms. The summed E-state index contributed by atoms with van der Waals surface area (Å²) in [5, 5.41) is 0. The first-order valence-corrected chi connectivity index (χ1v) is 5.47. The van der Waals surface area contributed by atoms with Crippen LogP contribution in [0.4, 0.5) is 0 Å². The van der Waals surface area contributed by atoms with Crippen molar-refractivity contribution in [2.75, 3.05) is 0 Å². The molecule has 1 aromatic rings. The molecule has 0 aliphatic heterocycles. The zero-order valence-corrected chi connectivity index (χ0v) is 10.1. The Morgan fingerprint density at radius 2 is 1.71 bits per heavy atom. The Labute approximate surface area is 100 Å². The number of carbonyl (C=O) groups excluding carboxylic acids is 2. The Bertz CT molecular complexity index is 519. The fraction of sp³-hybridized carbons (Fsp3) is 0.286. The molecule has 0 N–H and O–H groups in total. The number of hydrogen-bond donors (Lipinski definition) is 0. The summed E-state index contributed by atoms with van der Waals surface area (Å²) in [5.74, 6) is -0.586. The number of allylic oxidation sites excluding steroid dienone is 1. The third kappa shape index (κ3) is 2.28. The van der Waals surface area contributed by atoms with Crippen molar-refractivity contribution >= 4 is 17.3 Å². The van der Waals surface area contributed by atoms with Gasteiger partial charge in [-0.2, -0.15) is 0 Å². The van der Waals surface area contributed by atoms with Gasteiger partial charge in [-0.05, 0) is 20.8 Å². The highest BCUT2D eigenvalue weighted by atomic mass is 16.6. The standard InChI is InChI=1S/C14H14O3/c1-14(2,3)17-13(16)11-8-12(15)10-7-5-4-6-9(10)11/h4-8H,1-3H3. The van der Waals surface area contributed by atoms with E-state index in [9.17, 15) is 9.59 Å². The molecule has 1 aromatic carbocycles. The highest BCUT2D eigenvalue weighted by Gasteiger charge is 2.28. The second-order valence-corrected chi connectivity index (χ2v) is 4.97. The lowest BCUT2D eigenvalue weighted by molar-refractivity contribution is -0.147. The Hall–Kier alpha value is -1.90. The van der Waals surface area contributed by atoms with Crippen molar-refractivity contribution in [3.05, 3.63) is 41.5 Å². The minimum atomic E-state index is -0.557. The topological polar surface area (TPSA) is 43.4 Å². The van der Waals surface area contributed by atoms with E-state index in [1.54, 1.807) is 45.0 Å². The van der Waals surface area contributed by atoms with Gasteiger partial charge >= 0.3 is 5.97 Å². The molecule has 1 aliphatic rings. The molecule has 1 aliphatic carbocycles. The minimum absolute atomic E-state index is 0.138. The first-order chi connectivity index (χ1) is 7.88. The number of hydrogen-bond acceptors (Lipinski definition) is 3. The van der Waals surface area contributed by atoms with E-state index in [1.165, 1.54) is 6.08 Å². The molecule has 3 nitrogen and oxygen atoms in total. The maximum atomic E-state index is 11.9. The van der Waals surface area contributed by atoms with Gasteiger partial charge in [0, 0.05) is 17.2 Å². The van der Waals surface area contributed by atoms with Crippen LogP contribution in [0, 0.1) is 0 Å². The molecule has 0 amide bonds. The van der Waals surface area contributed by atoms with E-state index < -0.39 is 11.6 Å². The quantitative estimate of drug-likeness (QED) is 0.696. The maximum Gasteiger partial charge on any atom is 0.339 e. The van der Waals surface area contributed by atoms with Gasteiger partial charge in [-0.3, -0.25) is 4.79 Å². The molecule has 0 unspecified atom stereocenters. The Morgan fingerprint density at radius 3 is 2.29 bits per heavy atom. The van der Waals surface area contributed by atoms with Crippen molar-refractivity contribution in [1.82, 2.24) is 0 Å². The van der Waals surface area contributed by atoms with Gasteiger partial charge < -0.3 is 4.74 Å². The molecule has 0 heterocycles. The molecule has 88 valence electrons. The molecule has 0 spiro atoms. The lowest BCUT2D eigenvalue weighted by atomic mass is 10.1. The van der Waals surface area contributed by atoms with Crippen molar-refractivity contribution in [3.8, 4) is 0 Å². The predicted octanol–water partition coefficient (Wildman–Crippen LogP) is 2.61. The van der Waals surface area contributed by atoms with Gasteiger partial charge in [-0.25, -0.2) is 4.79 Å². The monoisotopic (exact) mass is 230 g/mol. The van der Waals surface area contributed by atoms with Crippen LogP contribution in [-0.4, -0.2) is 17.4 Å². The van der Waals surface area contributed by atoms with Crippen LogP contribution in [0.3, 0.4) is 0 Å². The predicted molar refractivity (Wildman–Crippen MR) is 64.6 cm³/mol. The molecule has 0 saturated carbocycles. The van der Waals surface area contributed by atoms with Gasteiger partial charge in [0.1, 0.15) is 5.60 Å². The molecule has 0 bridgehead atoms. The van der Waals surface area contributed by atoms with Crippen LogP contribution in [0.1, 0.15) is 36.7 Å². The lowest BCUT2D eigenvalue weighted by Gasteiger charge is -2.19. The van der Waals surface area contributed by atoms with Crippen LogP contribution in [0.5, 0.6) is 0 Å². The van der Waals surface area contributed by atoms with Crippen molar-refractivity contribution in [2.24, 2.45) is 0 Å². The summed E-state index contributed by atoms with van der Waals surface area (Å²) >= 11 is 0.